The highest BCUT2D eigenvalue weighted by Crippen LogP contribution is 2.01. The molecule has 0 N–H and O–H groups in total. The number of hydrogen-bond acceptors (Lipinski definition) is 0. The zero-order chi connectivity index (χ0) is 9.90. The highest BCUT2D eigenvalue weighted by Gasteiger charge is 1.81. The molecule has 0 radical (unpaired) electrons. The van der Waals surface area contributed by atoms with E-state index in [1.165, 1.54) is 19.3 Å². The van der Waals surface area contributed by atoms with E-state index in [4.69, 9.17) is 0 Å². The molecule has 0 fully saturated rings. The fourth-order valence-corrected chi connectivity index (χ4v) is 1.40. The second-order valence-electron chi connectivity index (χ2n) is 3.52. The van der Waals surface area contributed by atoms with Crippen molar-refractivity contribution in [2.45, 2.75) is 38.5 Å². The van der Waals surface area contributed by atoms with Crippen LogP contribution in [0.3, 0.4) is 0 Å². The van der Waals surface area contributed by atoms with Gasteiger partial charge in [0.05, 0.1) is 0 Å². The van der Waals surface area contributed by atoms with Gasteiger partial charge in [-0.1, -0.05) is 48.6 Å². The van der Waals surface area contributed by atoms with Gasteiger partial charge in [-0.25, -0.2) is 0 Å². The van der Waals surface area contributed by atoms with Gasteiger partial charge in [0.2, 0.25) is 0 Å². The van der Waals surface area contributed by atoms with Gasteiger partial charge in [-0.15, -0.1) is 0 Å². The minimum Gasteiger partial charge on any atom is -0.0882 e. The summed E-state index contributed by atoms with van der Waals surface area (Å²) in [4.78, 5) is 0. The molecule has 0 amide bonds. The molecule has 0 spiro atoms. The Hall–Kier alpha value is -1.04. The Balaban J connectivity index is 2.34. The minimum atomic E-state index is 1.07. The van der Waals surface area contributed by atoms with Crippen LogP contribution in [0.2, 0.25) is 0 Å². The summed E-state index contributed by atoms with van der Waals surface area (Å²) in [5.74, 6) is 0. The average molecular weight is 188 g/mol. The van der Waals surface area contributed by atoms with Gasteiger partial charge in [-0.2, -0.15) is 0 Å². The predicted molar refractivity (Wildman–Crippen MR) is 64.3 cm³/mol. The minimum absolute atomic E-state index is 1.07. The lowest BCUT2D eigenvalue weighted by Crippen LogP contribution is -1.71. The molecule has 76 valence electrons. The number of rotatable bonds is 0. The van der Waals surface area contributed by atoms with Crippen LogP contribution in [-0.2, 0) is 0 Å². The lowest BCUT2D eigenvalue weighted by Gasteiger charge is -1.91. The first-order valence-electron chi connectivity index (χ1n) is 5.60. The molecule has 1 aliphatic rings. The molecule has 0 aromatic heterocycles. The van der Waals surface area contributed by atoms with Gasteiger partial charge in [0.25, 0.3) is 0 Å². The van der Waals surface area contributed by atoms with Crippen molar-refractivity contribution in [1.29, 1.82) is 0 Å². The van der Waals surface area contributed by atoms with E-state index in [1.807, 2.05) is 0 Å². The van der Waals surface area contributed by atoms with E-state index in [0.29, 0.717) is 0 Å². The van der Waals surface area contributed by atoms with Crippen molar-refractivity contribution in [3.05, 3.63) is 48.6 Å². The summed E-state index contributed by atoms with van der Waals surface area (Å²) < 4.78 is 0. The lowest BCUT2D eigenvalue weighted by atomic mass is 10.2. The molecular formula is C14H20. The van der Waals surface area contributed by atoms with E-state index in [-0.39, 0.29) is 0 Å². The zero-order valence-electron chi connectivity index (χ0n) is 8.86. The maximum atomic E-state index is 2.29. The summed E-state index contributed by atoms with van der Waals surface area (Å²) in [5.41, 5.74) is 0. The van der Waals surface area contributed by atoms with Gasteiger partial charge in [0, 0.05) is 0 Å². The molecule has 0 heterocycles. The van der Waals surface area contributed by atoms with E-state index >= 15 is 0 Å². The van der Waals surface area contributed by atoms with Crippen LogP contribution in [-0.4, -0.2) is 0 Å². The summed E-state index contributed by atoms with van der Waals surface area (Å²) >= 11 is 0. The Morgan fingerprint density at radius 3 is 1.21 bits per heavy atom. The van der Waals surface area contributed by atoms with Crippen LogP contribution in [0.4, 0.5) is 0 Å². The van der Waals surface area contributed by atoms with E-state index in [1.54, 1.807) is 0 Å². The molecule has 1 rings (SSSR count). The highest BCUT2D eigenvalue weighted by molar-refractivity contribution is 5.00. The van der Waals surface area contributed by atoms with E-state index < -0.39 is 0 Å². The molecule has 0 saturated carbocycles. The van der Waals surface area contributed by atoms with Crippen LogP contribution in [0.15, 0.2) is 48.6 Å². The highest BCUT2D eigenvalue weighted by atomic mass is 13.9. The maximum Gasteiger partial charge on any atom is -0.0169 e. The fraction of sp³-hybridized carbons (Fsp3) is 0.429. The topological polar surface area (TPSA) is 0 Å². The first-order valence-corrected chi connectivity index (χ1v) is 5.60. The van der Waals surface area contributed by atoms with Gasteiger partial charge in [-0.05, 0) is 38.5 Å². The molecule has 0 unspecified atom stereocenters. The van der Waals surface area contributed by atoms with Crippen LogP contribution >= 0.6 is 0 Å². The third kappa shape index (κ3) is 6.47. The Morgan fingerprint density at radius 1 is 0.429 bits per heavy atom. The molecule has 0 aliphatic heterocycles. The van der Waals surface area contributed by atoms with Gasteiger partial charge in [-0.3, -0.25) is 0 Å². The largest absolute Gasteiger partial charge is 0.0882 e. The van der Waals surface area contributed by atoms with Crippen LogP contribution in [0.5, 0.6) is 0 Å². The van der Waals surface area contributed by atoms with Gasteiger partial charge in [0.15, 0.2) is 0 Å². The van der Waals surface area contributed by atoms with Crippen molar-refractivity contribution in [3.8, 4) is 0 Å². The monoisotopic (exact) mass is 188 g/mol. The number of allylic oxidation sites excluding steroid dienone is 8. The Labute approximate surface area is 87.7 Å². The lowest BCUT2D eigenvalue weighted by molar-refractivity contribution is 0.864. The standard InChI is InChI=1S/C14H20/c1-2-4-6-8-10-12-14-13-11-9-7-5-3-1/h1-2,5-8,11,13H,3-4,9-10,12,14H2/b2-1+,7-5+,8-6-,13-11?. The summed E-state index contributed by atoms with van der Waals surface area (Å²) in [6, 6.07) is 0. The summed E-state index contributed by atoms with van der Waals surface area (Å²) in [7, 11) is 0. The summed E-state index contributed by atoms with van der Waals surface area (Å²) in [6.07, 6.45) is 25.0. The predicted octanol–water partition coefficient (Wildman–Crippen LogP) is 4.57. The van der Waals surface area contributed by atoms with E-state index in [2.05, 4.69) is 48.6 Å². The van der Waals surface area contributed by atoms with Crippen LogP contribution in [0, 0.1) is 0 Å². The molecule has 0 saturated heterocycles. The smallest absolute Gasteiger partial charge is 0.0169 e. The van der Waals surface area contributed by atoms with Gasteiger partial charge >= 0.3 is 0 Å². The Morgan fingerprint density at radius 2 is 0.786 bits per heavy atom. The van der Waals surface area contributed by atoms with Crippen LogP contribution in [0.1, 0.15) is 38.5 Å². The SMILES string of the molecule is C1=CCCC/C=C\C/C=C/C/C=C/C1. The zero-order valence-corrected chi connectivity index (χ0v) is 8.86. The molecule has 0 heteroatoms. The molecule has 0 aromatic rings. The molecule has 14 heavy (non-hydrogen) atoms. The van der Waals surface area contributed by atoms with Crippen molar-refractivity contribution < 1.29 is 0 Å². The second-order valence-corrected chi connectivity index (χ2v) is 3.52. The third-order valence-corrected chi connectivity index (χ3v) is 2.22. The maximum absolute atomic E-state index is 2.29. The van der Waals surface area contributed by atoms with Crippen LogP contribution < -0.4 is 0 Å². The summed E-state index contributed by atoms with van der Waals surface area (Å²) in [5, 5.41) is 0. The van der Waals surface area contributed by atoms with Crippen LogP contribution in [0.25, 0.3) is 0 Å². The summed E-state index contributed by atoms with van der Waals surface area (Å²) in [6.45, 7) is 0. The molecule has 0 bridgehead atoms. The van der Waals surface area contributed by atoms with Crippen molar-refractivity contribution in [2.75, 3.05) is 0 Å². The first kappa shape index (κ1) is 11.0. The van der Waals surface area contributed by atoms with Gasteiger partial charge in [0.1, 0.15) is 0 Å². The Kier molecular flexibility index (Phi) is 6.74. The quantitative estimate of drug-likeness (QED) is 0.489. The van der Waals surface area contributed by atoms with Gasteiger partial charge < -0.3 is 0 Å². The Bertz CT molecular complexity index is 204. The second kappa shape index (κ2) is 8.55. The molecule has 1 aliphatic carbocycles. The number of hydrogen-bond donors (Lipinski definition) is 0. The van der Waals surface area contributed by atoms with Crippen molar-refractivity contribution in [1.82, 2.24) is 0 Å². The van der Waals surface area contributed by atoms with E-state index in [9.17, 15) is 0 Å². The van der Waals surface area contributed by atoms with Crippen molar-refractivity contribution in [3.63, 3.8) is 0 Å². The normalized spacial score (nSPS) is 26.3. The average Bonchev–Trinajstić information content (AvgIpc) is 2.22. The van der Waals surface area contributed by atoms with E-state index in [0.717, 1.165) is 19.3 Å². The van der Waals surface area contributed by atoms with Crippen molar-refractivity contribution >= 4 is 0 Å². The molecular weight excluding hydrogens is 168 g/mol. The molecule has 0 nitrogen and oxygen atoms in total. The molecule has 0 atom stereocenters. The third-order valence-electron chi connectivity index (χ3n) is 2.22. The van der Waals surface area contributed by atoms with Crippen molar-refractivity contribution in [2.24, 2.45) is 0 Å². The first-order chi connectivity index (χ1) is 7.00. The fourth-order valence-electron chi connectivity index (χ4n) is 1.40. The molecule has 0 aromatic carbocycles.